The van der Waals surface area contributed by atoms with Crippen LogP contribution in [0.1, 0.15) is 0 Å². The van der Waals surface area contributed by atoms with Crippen molar-refractivity contribution < 1.29 is 0 Å². The predicted octanol–water partition coefficient (Wildman–Crippen LogP) is 6.46. The van der Waals surface area contributed by atoms with Crippen molar-refractivity contribution in [2.75, 3.05) is 12.5 Å². The summed E-state index contributed by atoms with van der Waals surface area (Å²) in [4.78, 5) is 2.60. The van der Waals surface area contributed by atoms with E-state index in [-0.39, 0.29) is 0 Å². The van der Waals surface area contributed by atoms with Gasteiger partial charge in [0.25, 0.3) is 0 Å². The Morgan fingerprint density at radius 1 is 0.500 bits per heavy atom. The zero-order valence-electron chi connectivity index (χ0n) is 12.7. The minimum absolute atomic E-state index is 1.26. The van der Waals surface area contributed by atoms with Crippen LogP contribution in [0.15, 0.2) is 82.6 Å². The van der Waals surface area contributed by atoms with Gasteiger partial charge in [-0.25, -0.2) is 0 Å². The van der Waals surface area contributed by atoms with Crippen molar-refractivity contribution in [3.05, 3.63) is 72.8 Å². The van der Waals surface area contributed by atoms with E-state index in [1.54, 1.807) is 23.5 Å². The summed E-state index contributed by atoms with van der Waals surface area (Å²) in [5.41, 5.74) is 5.05. The predicted molar refractivity (Wildman–Crippen MR) is 101 cm³/mol. The van der Waals surface area contributed by atoms with E-state index in [4.69, 9.17) is 0 Å². The summed E-state index contributed by atoms with van der Waals surface area (Å²) in [6.07, 6.45) is 4.21. The molecule has 110 valence electrons. The molecule has 0 aliphatic carbocycles. The second-order valence-electron chi connectivity index (χ2n) is 5.04. The van der Waals surface area contributed by atoms with Crippen LogP contribution in [0.4, 0.5) is 0 Å². The second-order valence-corrected chi connectivity index (χ2v) is 6.80. The summed E-state index contributed by atoms with van der Waals surface area (Å²) in [6.45, 7) is 0. The van der Waals surface area contributed by atoms with Crippen LogP contribution in [0.25, 0.3) is 22.3 Å². The van der Waals surface area contributed by atoms with Gasteiger partial charge >= 0.3 is 0 Å². The van der Waals surface area contributed by atoms with Gasteiger partial charge in [0.15, 0.2) is 0 Å². The molecule has 0 atom stereocenters. The lowest BCUT2D eigenvalue weighted by Crippen LogP contribution is -1.82. The van der Waals surface area contributed by atoms with Crippen LogP contribution in [0.5, 0.6) is 0 Å². The van der Waals surface area contributed by atoms with Crippen LogP contribution in [0.3, 0.4) is 0 Å². The van der Waals surface area contributed by atoms with Gasteiger partial charge in [0.05, 0.1) is 0 Å². The molecule has 0 spiro atoms. The number of rotatable bonds is 4. The van der Waals surface area contributed by atoms with Crippen LogP contribution in [0, 0.1) is 0 Å². The minimum Gasteiger partial charge on any atom is -0.130 e. The summed E-state index contributed by atoms with van der Waals surface area (Å²) < 4.78 is 0. The molecule has 0 aromatic heterocycles. The summed E-state index contributed by atoms with van der Waals surface area (Å²) in [5.74, 6) is 0. The molecule has 0 bridgehead atoms. The first-order valence-electron chi connectivity index (χ1n) is 7.19. The molecule has 0 aliphatic heterocycles. The monoisotopic (exact) mass is 322 g/mol. The molecule has 0 nitrogen and oxygen atoms in total. The van der Waals surface area contributed by atoms with E-state index in [0.717, 1.165) is 0 Å². The molecule has 0 amide bonds. The Morgan fingerprint density at radius 3 is 1.27 bits per heavy atom. The topological polar surface area (TPSA) is 0 Å². The quantitative estimate of drug-likeness (QED) is 0.505. The number of thioether (sulfide) groups is 2. The van der Waals surface area contributed by atoms with E-state index in [1.165, 1.54) is 32.0 Å². The molecule has 0 saturated carbocycles. The zero-order valence-corrected chi connectivity index (χ0v) is 14.4. The average Bonchev–Trinajstić information content (AvgIpc) is 2.62. The van der Waals surface area contributed by atoms with E-state index >= 15 is 0 Å². The van der Waals surface area contributed by atoms with Crippen molar-refractivity contribution in [1.29, 1.82) is 0 Å². The van der Waals surface area contributed by atoms with Crippen LogP contribution < -0.4 is 0 Å². The molecule has 22 heavy (non-hydrogen) atoms. The summed E-state index contributed by atoms with van der Waals surface area (Å²) in [6, 6.07) is 26.3. The lowest BCUT2D eigenvalue weighted by atomic mass is 9.99. The standard InChI is InChI=1S/C20H18S2/c1-21-19-10-6-15(7-11-19)17-4-3-5-18(14-17)16-8-12-20(22-2)13-9-16/h3-14H,1-2H3. The van der Waals surface area contributed by atoms with Gasteiger partial charge in [-0.1, -0.05) is 42.5 Å². The van der Waals surface area contributed by atoms with Gasteiger partial charge in [-0.05, 0) is 65.1 Å². The molecule has 0 radical (unpaired) electrons. The molecule has 0 unspecified atom stereocenters. The van der Waals surface area contributed by atoms with Crippen LogP contribution in [0.2, 0.25) is 0 Å². The third-order valence-electron chi connectivity index (χ3n) is 3.71. The summed E-state index contributed by atoms with van der Waals surface area (Å²) in [7, 11) is 0. The van der Waals surface area contributed by atoms with E-state index in [2.05, 4.69) is 85.3 Å². The third-order valence-corrected chi connectivity index (χ3v) is 5.20. The van der Waals surface area contributed by atoms with E-state index in [1.807, 2.05) is 0 Å². The molecule has 0 heterocycles. The highest BCUT2D eigenvalue weighted by atomic mass is 32.2. The van der Waals surface area contributed by atoms with Crippen LogP contribution in [-0.4, -0.2) is 12.5 Å². The first-order valence-corrected chi connectivity index (χ1v) is 9.64. The Kier molecular flexibility index (Phi) is 4.91. The van der Waals surface area contributed by atoms with Crippen molar-refractivity contribution >= 4 is 23.5 Å². The van der Waals surface area contributed by atoms with Crippen molar-refractivity contribution in [3.8, 4) is 22.3 Å². The fraction of sp³-hybridized carbons (Fsp3) is 0.100. The van der Waals surface area contributed by atoms with Crippen molar-refractivity contribution in [1.82, 2.24) is 0 Å². The van der Waals surface area contributed by atoms with E-state index in [9.17, 15) is 0 Å². The number of hydrogen-bond donors (Lipinski definition) is 0. The molecular weight excluding hydrogens is 304 g/mol. The average molecular weight is 322 g/mol. The van der Waals surface area contributed by atoms with Gasteiger partial charge in [-0.15, -0.1) is 23.5 Å². The molecule has 0 aliphatic rings. The Balaban J connectivity index is 1.93. The van der Waals surface area contributed by atoms with Gasteiger partial charge in [-0.3, -0.25) is 0 Å². The van der Waals surface area contributed by atoms with Crippen LogP contribution in [-0.2, 0) is 0 Å². The smallest absolute Gasteiger partial charge is 0.00695 e. The third kappa shape index (κ3) is 3.40. The maximum absolute atomic E-state index is 2.27. The molecule has 0 saturated heterocycles. The van der Waals surface area contributed by atoms with Gasteiger partial charge in [-0.2, -0.15) is 0 Å². The van der Waals surface area contributed by atoms with Gasteiger partial charge in [0.2, 0.25) is 0 Å². The fourth-order valence-corrected chi connectivity index (χ4v) is 3.26. The summed E-state index contributed by atoms with van der Waals surface area (Å²) in [5, 5.41) is 0. The highest BCUT2D eigenvalue weighted by Crippen LogP contribution is 2.28. The highest BCUT2D eigenvalue weighted by molar-refractivity contribution is 7.98. The molecule has 3 aromatic carbocycles. The lowest BCUT2D eigenvalue weighted by molar-refractivity contribution is 1.45. The molecule has 3 aromatic rings. The Morgan fingerprint density at radius 2 is 0.909 bits per heavy atom. The van der Waals surface area contributed by atoms with Crippen LogP contribution >= 0.6 is 23.5 Å². The number of benzene rings is 3. The maximum Gasteiger partial charge on any atom is 0.00695 e. The van der Waals surface area contributed by atoms with Crippen molar-refractivity contribution in [2.24, 2.45) is 0 Å². The fourth-order valence-electron chi connectivity index (χ4n) is 2.45. The van der Waals surface area contributed by atoms with Crippen molar-refractivity contribution in [3.63, 3.8) is 0 Å². The maximum atomic E-state index is 2.27. The van der Waals surface area contributed by atoms with Gasteiger partial charge in [0, 0.05) is 9.79 Å². The lowest BCUT2D eigenvalue weighted by Gasteiger charge is -2.07. The molecular formula is C20H18S2. The van der Waals surface area contributed by atoms with Crippen molar-refractivity contribution in [2.45, 2.75) is 9.79 Å². The highest BCUT2D eigenvalue weighted by Gasteiger charge is 2.02. The van der Waals surface area contributed by atoms with Gasteiger partial charge < -0.3 is 0 Å². The second kappa shape index (κ2) is 7.08. The van der Waals surface area contributed by atoms with E-state index in [0.29, 0.717) is 0 Å². The Hall–Kier alpha value is -1.64. The van der Waals surface area contributed by atoms with E-state index < -0.39 is 0 Å². The first-order chi connectivity index (χ1) is 10.8. The van der Waals surface area contributed by atoms with Gasteiger partial charge in [0.1, 0.15) is 0 Å². The normalized spacial score (nSPS) is 10.6. The zero-order chi connectivity index (χ0) is 15.4. The summed E-state index contributed by atoms with van der Waals surface area (Å²) >= 11 is 3.55. The Bertz CT molecular complexity index is 681. The molecule has 3 rings (SSSR count). The largest absolute Gasteiger partial charge is 0.130 e. The SMILES string of the molecule is CSc1ccc(-c2cccc(-c3ccc(SC)cc3)c2)cc1. The molecule has 2 heteroatoms. The first kappa shape index (κ1) is 15.3. The Labute approximate surface area is 141 Å². The molecule has 0 fully saturated rings. The molecule has 0 N–H and O–H groups in total. The minimum atomic E-state index is 1.26. The number of hydrogen-bond acceptors (Lipinski definition) is 2.